The van der Waals surface area contributed by atoms with Crippen molar-refractivity contribution in [3.8, 4) is 0 Å². The van der Waals surface area contributed by atoms with Gasteiger partial charge < -0.3 is 10.1 Å². The lowest BCUT2D eigenvalue weighted by atomic mass is 10.1. The summed E-state index contributed by atoms with van der Waals surface area (Å²) in [4.78, 5) is 0. The molecule has 2 nitrogen and oxygen atoms in total. The van der Waals surface area contributed by atoms with E-state index in [1.165, 1.54) is 5.56 Å². The van der Waals surface area contributed by atoms with Crippen LogP contribution in [0, 0.1) is 6.92 Å². The maximum absolute atomic E-state index is 12.0. The minimum atomic E-state index is -4.10. The van der Waals surface area contributed by atoms with Crippen molar-refractivity contribution in [2.45, 2.75) is 38.9 Å². The van der Waals surface area contributed by atoms with E-state index in [4.69, 9.17) is 4.74 Å². The van der Waals surface area contributed by atoms with Gasteiger partial charge in [-0.25, -0.2) is 0 Å². The summed E-state index contributed by atoms with van der Waals surface area (Å²) in [7, 11) is 0. The Morgan fingerprint density at radius 3 is 2.40 bits per heavy atom. The first-order valence-electron chi connectivity index (χ1n) is 6.87. The van der Waals surface area contributed by atoms with E-state index in [1.807, 2.05) is 38.1 Å². The molecular weight excluding hydrogens is 267 g/mol. The molecular formula is C15H22F3NO. The van der Waals surface area contributed by atoms with Crippen LogP contribution in [0.1, 0.15) is 36.9 Å². The van der Waals surface area contributed by atoms with E-state index in [-0.39, 0.29) is 19.1 Å². The zero-order chi connectivity index (χ0) is 15.0. The summed E-state index contributed by atoms with van der Waals surface area (Å²) in [6.45, 7) is 5.30. The third kappa shape index (κ3) is 6.91. The molecule has 1 rings (SSSR count). The highest BCUT2D eigenvalue weighted by molar-refractivity contribution is 5.24. The zero-order valence-electron chi connectivity index (χ0n) is 12.0. The molecule has 0 saturated carbocycles. The van der Waals surface area contributed by atoms with Crippen molar-refractivity contribution in [3.05, 3.63) is 35.4 Å². The molecule has 0 aliphatic heterocycles. The van der Waals surface area contributed by atoms with Crippen LogP contribution in [-0.4, -0.2) is 25.9 Å². The number of nitrogens with one attached hydrogen (secondary N) is 1. The number of aryl methyl sites for hydroxylation is 1. The fourth-order valence-corrected chi connectivity index (χ4v) is 1.89. The second kappa shape index (κ2) is 8.27. The lowest BCUT2D eigenvalue weighted by Crippen LogP contribution is -2.25. The second-order valence-corrected chi connectivity index (χ2v) is 4.81. The Balaban J connectivity index is 2.38. The molecule has 0 fully saturated rings. The van der Waals surface area contributed by atoms with Crippen molar-refractivity contribution in [1.82, 2.24) is 5.32 Å². The van der Waals surface area contributed by atoms with E-state index in [0.29, 0.717) is 6.61 Å². The smallest absolute Gasteiger partial charge is 0.379 e. The molecule has 0 aliphatic carbocycles. The third-order valence-electron chi connectivity index (χ3n) is 2.96. The van der Waals surface area contributed by atoms with Gasteiger partial charge in [-0.15, -0.1) is 0 Å². The molecule has 0 amide bonds. The van der Waals surface area contributed by atoms with E-state index in [2.05, 4.69) is 5.32 Å². The number of benzene rings is 1. The zero-order valence-corrected chi connectivity index (χ0v) is 12.0. The Kier molecular flexibility index (Phi) is 7.02. The monoisotopic (exact) mass is 289 g/mol. The molecule has 0 heterocycles. The SMILES string of the molecule is CCNC(COCCCC(F)(F)F)c1ccc(C)cc1. The van der Waals surface area contributed by atoms with E-state index < -0.39 is 12.6 Å². The molecule has 1 aromatic carbocycles. The molecule has 0 spiro atoms. The molecule has 114 valence electrons. The normalized spacial score (nSPS) is 13.4. The van der Waals surface area contributed by atoms with Gasteiger partial charge in [-0.1, -0.05) is 36.8 Å². The first kappa shape index (κ1) is 17.0. The van der Waals surface area contributed by atoms with Gasteiger partial charge in [0.2, 0.25) is 0 Å². The average molecular weight is 289 g/mol. The summed E-state index contributed by atoms with van der Waals surface area (Å²) in [5.74, 6) is 0. The van der Waals surface area contributed by atoms with Gasteiger partial charge in [0.1, 0.15) is 0 Å². The van der Waals surface area contributed by atoms with Crippen LogP contribution in [0.25, 0.3) is 0 Å². The van der Waals surface area contributed by atoms with Gasteiger partial charge in [0.05, 0.1) is 12.6 Å². The van der Waals surface area contributed by atoms with Gasteiger partial charge in [-0.2, -0.15) is 13.2 Å². The highest BCUT2D eigenvalue weighted by atomic mass is 19.4. The Hall–Kier alpha value is -1.07. The maximum Gasteiger partial charge on any atom is 0.389 e. The Morgan fingerprint density at radius 2 is 1.85 bits per heavy atom. The Labute approximate surface area is 118 Å². The Bertz CT molecular complexity index is 376. The van der Waals surface area contributed by atoms with Gasteiger partial charge >= 0.3 is 6.18 Å². The Morgan fingerprint density at radius 1 is 1.20 bits per heavy atom. The predicted molar refractivity (Wildman–Crippen MR) is 73.7 cm³/mol. The highest BCUT2D eigenvalue weighted by Gasteiger charge is 2.26. The van der Waals surface area contributed by atoms with E-state index in [9.17, 15) is 13.2 Å². The number of halogens is 3. The van der Waals surface area contributed by atoms with E-state index in [0.717, 1.165) is 12.1 Å². The van der Waals surface area contributed by atoms with Gasteiger partial charge in [0.25, 0.3) is 0 Å². The molecule has 1 atom stereocenters. The lowest BCUT2D eigenvalue weighted by molar-refractivity contribution is -0.138. The number of likely N-dealkylation sites (N-methyl/N-ethyl adjacent to an activating group) is 1. The van der Waals surface area contributed by atoms with E-state index >= 15 is 0 Å². The summed E-state index contributed by atoms with van der Waals surface area (Å²) in [6.07, 6.45) is -4.87. The van der Waals surface area contributed by atoms with Crippen LogP contribution in [0.3, 0.4) is 0 Å². The summed E-state index contributed by atoms with van der Waals surface area (Å²) in [5.41, 5.74) is 2.27. The molecule has 1 aromatic rings. The number of alkyl halides is 3. The number of rotatable bonds is 8. The summed E-state index contributed by atoms with van der Waals surface area (Å²) in [5, 5.41) is 3.28. The molecule has 0 radical (unpaired) electrons. The molecule has 0 aliphatic rings. The quantitative estimate of drug-likeness (QED) is 0.730. The van der Waals surface area contributed by atoms with Crippen LogP contribution in [-0.2, 0) is 4.74 Å². The van der Waals surface area contributed by atoms with Crippen LogP contribution in [0.4, 0.5) is 13.2 Å². The fourth-order valence-electron chi connectivity index (χ4n) is 1.89. The minimum Gasteiger partial charge on any atom is -0.379 e. The fraction of sp³-hybridized carbons (Fsp3) is 0.600. The van der Waals surface area contributed by atoms with Gasteiger partial charge in [-0.3, -0.25) is 0 Å². The molecule has 1 N–H and O–H groups in total. The van der Waals surface area contributed by atoms with Crippen LogP contribution in [0.15, 0.2) is 24.3 Å². The lowest BCUT2D eigenvalue weighted by Gasteiger charge is -2.19. The molecule has 0 saturated heterocycles. The number of hydrogen-bond acceptors (Lipinski definition) is 2. The summed E-state index contributed by atoms with van der Waals surface area (Å²) >= 11 is 0. The largest absolute Gasteiger partial charge is 0.389 e. The van der Waals surface area contributed by atoms with Gasteiger partial charge in [0.15, 0.2) is 0 Å². The molecule has 20 heavy (non-hydrogen) atoms. The van der Waals surface area contributed by atoms with Crippen molar-refractivity contribution < 1.29 is 17.9 Å². The molecule has 5 heteroatoms. The first-order chi connectivity index (χ1) is 9.42. The van der Waals surface area contributed by atoms with Gasteiger partial charge in [-0.05, 0) is 25.5 Å². The summed E-state index contributed by atoms with van der Waals surface area (Å²) < 4.78 is 41.4. The van der Waals surface area contributed by atoms with Crippen LogP contribution in [0.5, 0.6) is 0 Å². The minimum absolute atomic E-state index is 0.0102. The second-order valence-electron chi connectivity index (χ2n) is 4.81. The van der Waals surface area contributed by atoms with Crippen molar-refractivity contribution in [1.29, 1.82) is 0 Å². The maximum atomic E-state index is 12.0. The number of ether oxygens (including phenoxy) is 1. The van der Waals surface area contributed by atoms with Crippen LogP contribution < -0.4 is 5.32 Å². The molecule has 0 aromatic heterocycles. The third-order valence-corrected chi connectivity index (χ3v) is 2.96. The van der Waals surface area contributed by atoms with Crippen LogP contribution >= 0.6 is 0 Å². The van der Waals surface area contributed by atoms with Crippen LogP contribution in [0.2, 0.25) is 0 Å². The van der Waals surface area contributed by atoms with Crippen molar-refractivity contribution in [2.24, 2.45) is 0 Å². The highest BCUT2D eigenvalue weighted by Crippen LogP contribution is 2.21. The first-order valence-corrected chi connectivity index (χ1v) is 6.87. The topological polar surface area (TPSA) is 21.3 Å². The van der Waals surface area contributed by atoms with E-state index in [1.54, 1.807) is 0 Å². The van der Waals surface area contributed by atoms with Crippen molar-refractivity contribution in [3.63, 3.8) is 0 Å². The standard InChI is InChI=1S/C15H22F3NO/c1-3-19-14(13-7-5-12(2)6-8-13)11-20-10-4-9-15(16,17)18/h5-8,14,19H,3-4,9-11H2,1-2H3. The summed E-state index contributed by atoms with van der Waals surface area (Å²) in [6, 6.07) is 8.09. The molecule has 0 bridgehead atoms. The van der Waals surface area contributed by atoms with Gasteiger partial charge in [0, 0.05) is 13.0 Å². The van der Waals surface area contributed by atoms with Crippen molar-refractivity contribution in [2.75, 3.05) is 19.8 Å². The molecule has 1 unspecified atom stereocenters. The number of hydrogen-bond donors (Lipinski definition) is 1. The van der Waals surface area contributed by atoms with Crippen molar-refractivity contribution >= 4 is 0 Å². The average Bonchev–Trinajstić information content (AvgIpc) is 2.37. The predicted octanol–water partition coefficient (Wildman–Crippen LogP) is 4.00.